The molecule has 1 saturated heterocycles. The Morgan fingerprint density at radius 1 is 1.04 bits per heavy atom. The van der Waals surface area contributed by atoms with Crippen LogP contribution >= 0.6 is 0 Å². The highest BCUT2D eigenvalue weighted by Crippen LogP contribution is 2.25. The van der Waals surface area contributed by atoms with E-state index in [4.69, 9.17) is 4.74 Å². The number of carbonyl (C=O) groups is 1. The predicted molar refractivity (Wildman–Crippen MR) is 104 cm³/mol. The maximum absolute atomic E-state index is 12.7. The molecule has 0 aromatic heterocycles. The third-order valence-electron chi connectivity index (χ3n) is 4.84. The van der Waals surface area contributed by atoms with Crippen molar-refractivity contribution >= 4 is 21.6 Å². The fourth-order valence-corrected chi connectivity index (χ4v) is 4.61. The Kier molecular flexibility index (Phi) is 5.82. The Hall–Kier alpha value is -2.38. The molecule has 0 radical (unpaired) electrons. The number of sulfonamides is 1. The first-order chi connectivity index (χ1) is 12.9. The van der Waals surface area contributed by atoms with Crippen LogP contribution in [0.15, 0.2) is 53.4 Å². The van der Waals surface area contributed by atoms with Crippen molar-refractivity contribution in [2.24, 2.45) is 5.92 Å². The van der Waals surface area contributed by atoms with Gasteiger partial charge in [0.2, 0.25) is 15.9 Å². The van der Waals surface area contributed by atoms with Crippen LogP contribution in [0.5, 0.6) is 5.75 Å². The lowest BCUT2D eigenvalue weighted by atomic mass is 9.97. The average molecular weight is 388 g/mol. The molecule has 2 aromatic rings. The van der Waals surface area contributed by atoms with E-state index in [2.05, 4.69) is 5.32 Å². The summed E-state index contributed by atoms with van der Waals surface area (Å²) in [6, 6.07) is 14.0. The van der Waals surface area contributed by atoms with Crippen molar-refractivity contribution in [3.63, 3.8) is 0 Å². The van der Waals surface area contributed by atoms with Crippen molar-refractivity contribution in [2.45, 2.75) is 24.7 Å². The van der Waals surface area contributed by atoms with Crippen molar-refractivity contribution in [1.29, 1.82) is 0 Å². The van der Waals surface area contributed by atoms with E-state index >= 15 is 0 Å². The maximum atomic E-state index is 12.7. The van der Waals surface area contributed by atoms with Crippen LogP contribution in [-0.4, -0.2) is 38.8 Å². The summed E-state index contributed by atoms with van der Waals surface area (Å²) in [5.41, 5.74) is 1.72. The van der Waals surface area contributed by atoms with Gasteiger partial charge in [0.15, 0.2) is 0 Å². The Labute approximate surface area is 160 Å². The van der Waals surface area contributed by atoms with Crippen molar-refractivity contribution in [3.05, 3.63) is 54.1 Å². The van der Waals surface area contributed by atoms with Gasteiger partial charge in [-0.15, -0.1) is 0 Å². The molecule has 1 N–H and O–H groups in total. The number of ether oxygens (including phenoxy) is 1. The van der Waals surface area contributed by atoms with Crippen LogP contribution in [-0.2, 0) is 14.8 Å². The molecular weight excluding hydrogens is 364 g/mol. The van der Waals surface area contributed by atoms with Crippen LogP contribution in [0.3, 0.4) is 0 Å². The monoisotopic (exact) mass is 388 g/mol. The summed E-state index contributed by atoms with van der Waals surface area (Å²) in [7, 11) is -1.92. The molecule has 2 aromatic carbocycles. The summed E-state index contributed by atoms with van der Waals surface area (Å²) in [6.07, 6.45) is 1.01. The second kappa shape index (κ2) is 8.10. The molecule has 1 aliphatic rings. The van der Waals surface area contributed by atoms with Gasteiger partial charge in [0.05, 0.1) is 12.0 Å². The summed E-state index contributed by atoms with van der Waals surface area (Å²) in [5.74, 6) is 0.451. The molecule has 27 heavy (non-hydrogen) atoms. The minimum Gasteiger partial charge on any atom is -0.497 e. The normalized spacial score (nSPS) is 16.1. The van der Waals surface area contributed by atoms with Crippen molar-refractivity contribution in [3.8, 4) is 5.75 Å². The standard InChI is InChI=1S/C20H24N2O4S/c1-15-3-9-19(10-4-15)27(24,25)22-13-11-16(12-14-22)20(23)21-17-5-7-18(26-2)8-6-17/h3-10,16H,11-14H2,1-2H3,(H,21,23). The zero-order chi connectivity index (χ0) is 19.4. The zero-order valence-corrected chi connectivity index (χ0v) is 16.3. The number of amides is 1. The molecule has 1 fully saturated rings. The number of rotatable bonds is 5. The first kappa shape index (κ1) is 19.4. The van der Waals surface area contributed by atoms with E-state index in [1.807, 2.05) is 6.92 Å². The van der Waals surface area contributed by atoms with Crippen molar-refractivity contribution < 1.29 is 17.9 Å². The van der Waals surface area contributed by atoms with Crippen LogP contribution in [0.4, 0.5) is 5.69 Å². The number of hydrogen-bond acceptors (Lipinski definition) is 4. The lowest BCUT2D eigenvalue weighted by Crippen LogP contribution is -2.41. The number of piperidine rings is 1. The van der Waals surface area contributed by atoms with Crippen molar-refractivity contribution in [2.75, 3.05) is 25.5 Å². The Morgan fingerprint density at radius 2 is 1.63 bits per heavy atom. The first-order valence-corrected chi connectivity index (χ1v) is 10.4. The second-order valence-corrected chi connectivity index (χ2v) is 8.65. The molecule has 0 unspecified atom stereocenters. The Morgan fingerprint density at radius 3 is 2.19 bits per heavy atom. The highest BCUT2D eigenvalue weighted by molar-refractivity contribution is 7.89. The van der Waals surface area contributed by atoms with E-state index in [1.165, 1.54) is 4.31 Å². The molecular formula is C20H24N2O4S. The van der Waals surface area contributed by atoms with Crippen LogP contribution in [0.2, 0.25) is 0 Å². The van der Waals surface area contributed by atoms with E-state index in [1.54, 1.807) is 55.6 Å². The molecule has 144 valence electrons. The maximum Gasteiger partial charge on any atom is 0.243 e. The summed E-state index contributed by atoms with van der Waals surface area (Å²) in [6.45, 7) is 2.61. The lowest BCUT2D eigenvalue weighted by Gasteiger charge is -2.30. The third-order valence-corrected chi connectivity index (χ3v) is 6.75. The van der Waals surface area contributed by atoms with Gasteiger partial charge in [-0.05, 0) is 56.2 Å². The van der Waals surface area contributed by atoms with Crippen LogP contribution in [0.1, 0.15) is 18.4 Å². The smallest absolute Gasteiger partial charge is 0.243 e. The van der Waals surface area contributed by atoms with Gasteiger partial charge >= 0.3 is 0 Å². The SMILES string of the molecule is COc1ccc(NC(=O)C2CCN(S(=O)(=O)c3ccc(C)cc3)CC2)cc1. The van der Waals surface area contributed by atoms with E-state index in [9.17, 15) is 13.2 Å². The lowest BCUT2D eigenvalue weighted by molar-refractivity contribution is -0.120. The van der Waals surface area contributed by atoms with E-state index in [-0.39, 0.29) is 11.8 Å². The predicted octanol–water partition coefficient (Wildman–Crippen LogP) is 3.04. The van der Waals surface area contributed by atoms with E-state index < -0.39 is 10.0 Å². The number of aryl methyl sites for hydroxylation is 1. The molecule has 0 atom stereocenters. The number of benzene rings is 2. The van der Waals surface area contributed by atoms with E-state index in [0.717, 1.165) is 11.3 Å². The average Bonchev–Trinajstić information content (AvgIpc) is 2.69. The Balaban J connectivity index is 1.59. The first-order valence-electron chi connectivity index (χ1n) is 8.92. The quantitative estimate of drug-likeness (QED) is 0.854. The Bertz CT molecular complexity index is 885. The van der Waals surface area contributed by atoms with Crippen molar-refractivity contribution in [1.82, 2.24) is 4.31 Å². The van der Waals surface area contributed by atoms with Crippen LogP contribution < -0.4 is 10.1 Å². The van der Waals surface area contributed by atoms with Gasteiger partial charge < -0.3 is 10.1 Å². The summed E-state index contributed by atoms with van der Waals surface area (Å²) in [5, 5.41) is 2.89. The zero-order valence-electron chi connectivity index (χ0n) is 15.5. The number of carbonyl (C=O) groups excluding carboxylic acids is 1. The topological polar surface area (TPSA) is 75.7 Å². The van der Waals surface area contributed by atoms with Gasteiger partial charge in [-0.3, -0.25) is 4.79 Å². The van der Waals surface area contributed by atoms with E-state index in [0.29, 0.717) is 36.5 Å². The molecule has 0 spiro atoms. The molecule has 7 heteroatoms. The molecule has 6 nitrogen and oxygen atoms in total. The second-order valence-electron chi connectivity index (χ2n) is 6.71. The molecule has 1 amide bonds. The minimum atomic E-state index is -3.51. The fraction of sp³-hybridized carbons (Fsp3) is 0.350. The molecule has 1 heterocycles. The van der Waals surface area contributed by atoms with Gasteiger partial charge in [-0.2, -0.15) is 4.31 Å². The number of hydrogen-bond donors (Lipinski definition) is 1. The van der Waals surface area contributed by atoms with Crippen LogP contribution in [0, 0.1) is 12.8 Å². The number of nitrogens with zero attached hydrogens (tertiary/aromatic N) is 1. The molecule has 0 bridgehead atoms. The molecule has 1 aliphatic heterocycles. The minimum absolute atomic E-state index is 0.0763. The summed E-state index contributed by atoms with van der Waals surface area (Å²) >= 11 is 0. The van der Waals surface area contributed by atoms with Gasteiger partial charge in [0, 0.05) is 24.7 Å². The van der Waals surface area contributed by atoms with Gasteiger partial charge in [-0.25, -0.2) is 8.42 Å². The number of anilines is 1. The van der Waals surface area contributed by atoms with Crippen LogP contribution in [0.25, 0.3) is 0 Å². The third kappa shape index (κ3) is 4.48. The largest absolute Gasteiger partial charge is 0.497 e. The van der Waals surface area contributed by atoms with Gasteiger partial charge in [0.1, 0.15) is 5.75 Å². The summed E-state index contributed by atoms with van der Waals surface area (Å²) < 4.78 is 32.0. The fourth-order valence-electron chi connectivity index (χ4n) is 3.14. The highest BCUT2D eigenvalue weighted by atomic mass is 32.2. The highest BCUT2D eigenvalue weighted by Gasteiger charge is 2.32. The summed E-state index contributed by atoms with van der Waals surface area (Å²) in [4.78, 5) is 12.8. The molecule has 0 aliphatic carbocycles. The number of nitrogens with one attached hydrogen (secondary N) is 1. The molecule has 3 rings (SSSR count). The number of methoxy groups -OCH3 is 1. The van der Waals surface area contributed by atoms with Gasteiger partial charge in [-0.1, -0.05) is 17.7 Å². The molecule has 0 saturated carbocycles. The van der Waals surface area contributed by atoms with Gasteiger partial charge in [0.25, 0.3) is 0 Å².